The van der Waals surface area contributed by atoms with E-state index in [2.05, 4.69) is 12.2 Å². The van der Waals surface area contributed by atoms with Gasteiger partial charge in [-0.15, -0.1) is 11.3 Å². The van der Waals surface area contributed by atoms with Gasteiger partial charge in [-0.05, 0) is 49.9 Å². The molecule has 1 N–H and O–H groups in total. The van der Waals surface area contributed by atoms with E-state index >= 15 is 0 Å². The number of halogens is 2. The van der Waals surface area contributed by atoms with E-state index in [1.54, 1.807) is 17.4 Å². The molecule has 1 atom stereocenters. The maximum atomic E-state index is 13.3. The van der Waals surface area contributed by atoms with Crippen LogP contribution in [-0.2, 0) is 12.8 Å². The third-order valence-corrected chi connectivity index (χ3v) is 5.28. The number of rotatable bonds is 5. The topological polar surface area (TPSA) is 24.9 Å². The summed E-state index contributed by atoms with van der Waals surface area (Å²) in [4.78, 5) is 6.18. The standard InChI is InChI=1S/C16H18ClFN2S/c1-2-8-19-15(11-7-6-10(18)9-12(11)17)16-20-13-4-3-5-14(13)21-16/h6-7,9,15,19H,2-5,8H2,1H3. The van der Waals surface area contributed by atoms with E-state index in [-0.39, 0.29) is 11.9 Å². The summed E-state index contributed by atoms with van der Waals surface area (Å²) < 4.78 is 13.3. The van der Waals surface area contributed by atoms with Crippen LogP contribution in [0.15, 0.2) is 18.2 Å². The summed E-state index contributed by atoms with van der Waals surface area (Å²) in [5.74, 6) is -0.306. The third-order valence-electron chi connectivity index (χ3n) is 3.73. The molecular weight excluding hydrogens is 307 g/mol. The molecule has 1 aromatic carbocycles. The van der Waals surface area contributed by atoms with Gasteiger partial charge in [-0.3, -0.25) is 0 Å². The van der Waals surface area contributed by atoms with Gasteiger partial charge in [-0.1, -0.05) is 24.6 Å². The van der Waals surface area contributed by atoms with Crippen molar-refractivity contribution in [2.75, 3.05) is 6.54 Å². The molecule has 1 unspecified atom stereocenters. The van der Waals surface area contributed by atoms with Crippen LogP contribution in [0.1, 0.15) is 46.9 Å². The highest BCUT2D eigenvalue weighted by atomic mass is 35.5. The maximum absolute atomic E-state index is 13.3. The van der Waals surface area contributed by atoms with E-state index in [1.165, 1.54) is 29.1 Å². The predicted octanol–water partition coefficient (Wildman–Crippen LogP) is 4.51. The van der Waals surface area contributed by atoms with E-state index in [4.69, 9.17) is 16.6 Å². The highest BCUT2D eigenvalue weighted by molar-refractivity contribution is 7.11. The quantitative estimate of drug-likeness (QED) is 0.875. The van der Waals surface area contributed by atoms with Gasteiger partial charge in [0.2, 0.25) is 0 Å². The molecule has 0 saturated carbocycles. The third kappa shape index (κ3) is 3.12. The van der Waals surface area contributed by atoms with Crippen LogP contribution in [0.25, 0.3) is 0 Å². The fourth-order valence-corrected chi connectivity index (χ4v) is 4.21. The van der Waals surface area contributed by atoms with Gasteiger partial charge in [0.1, 0.15) is 10.8 Å². The van der Waals surface area contributed by atoms with Crippen molar-refractivity contribution in [3.8, 4) is 0 Å². The molecular formula is C16H18ClFN2S. The second kappa shape index (κ2) is 6.42. The molecule has 2 aromatic rings. The Balaban J connectivity index is 1.96. The largest absolute Gasteiger partial charge is 0.304 e. The molecule has 0 saturated heterocycles. The number of aryl methyl sites for hydroxylation is 2. The number of hydrogen-bond donors (Lipinski definition) is 1. The van der Waals surface area contributed by atoms with Crippen molar-refractivity contribution in [1.29, 1.82) is 0 Å². The first-order chi connectivity index (χ1) is 10.2. The van der Waals surface area contributed by atoms with Gasteiger partial charge in [0.15, 0.2) is 0 Å². The molecule has 1 aromatic heterocycles. The minimum Gasteiger partial charge on any atom is -0.304 e. The van der Waals surface area contributed by atoms with E-state index < -0.39 is 0 Å². The van der Waals surface area contributed by atoms with E-state index in [1.807, 2.05) is 0 Å². The van der Waals surface area contributed by atoms with E-state index in [0.29, 0.717) is 5.02 Å². The Labute approximate surface area is 133 Å². The lowest BCUT2D eigenvalue weighted by atomic mass is 10.1. The molecule has 1 aliphatic carbocycles. The number of benzene rings is 1. The smallest absolute Gasteiger partial charge is 0.124 e. The Morgan fingerprint density at radius 3 is 3.00 bits per heavy atom. The minimum absolute atomic E-state index is 0.0475. The Bertz CT molecular complexity index is 620. The Hall–Kier alpha value is -0.970. The van der Waals surface area contributed by atoms with Crippen LogP contribution in [0.4, 0.5) is 4.39 Å². The molecule has 1 heterocycles. The van der Waals surface area contributed by atoms with Crippen LogP contribution < -0.4 is 5.32 Å². The van der Waals surface area contributed by atoms with Gasteiger partial charge in [0.25, 0.3) is 0 Å². The number of thiazole rings is 1. The van der Waals surface area contributed by atoms with Crippen molar-refractivity contribution in [3.05, 3.63) is 50.2 Å². The normalized spacial score (nSPS) is 15.2. The molecule has 112 valence electrons. The maximum Gasteiger partial charge on any atom is 0.124 e. The van der Waals surface area contributed by atoms with Crippen LogP contribution in [0.2, 0.25) is 5.02 Å². The van der Waals surface area contributed by atoms with Crippen molar-refractivity contribution in [2.24, 2.45) is 0 Å². The van der Waals surface area contributed by atoms with Crippen molar-refractivity contribution >= 4 is 22.9 Å². The SMILES string of the molecule is CCCNC(c1nc2c(s1)CCC2)c1ccc(F)cc1Cl. The minimum atomic E-state index is -0.306. The van der Waals surface area contributed by atoms with Crippen LogP contribution in [-0.4, -0.2) is 11.5 Å². The molecule has 21 heavy (non-hydrogen) atoms. The van der Waals surface area contributed by atoms with Gasteiger partial charge in [0, 0.05) is 9.90 Å². The summed E-state index contributed by atoms with van der Waals surface area (Å²) >= 11 is 8.01. The summed E-state index contributed by atoms with van der Waals surface area (Å²) in [5, 5.41) is 4.99. The summed E-state index contributed by atoms with van der Waals surface area (Å²) in [5.41, 5.74) is 2.13. The highest BCUT2D eigenvalue weighted by Crippen LogP contribution is 2.35. The fraction of sp³-hybridized carbons (Fsp3) is 0.438. The number of nitrogens with zero attached hydrogens (tertiary/aromatic N) is 1. The number of fused-ring (bicyclic) bond motifs is 1. The average molecular weight is 325 g/mol. The molecule has 0 fully saturated rings. The first-order valence-corrected chi connectivity index (χ1v) is 8.55. The lowest BCUT2D eigenvalue weighted by Gasteiger charge is -2.18. The molecule has 0 bridgehead atoms. The first-order valence-electron chi connectivity index (χ1n) is 7.36. The van der Waals surface area contributed by atoms with Crippen LogP contribution in [0.3, 0.4) is 0 Å². The number of aromatic nitrogens is 1. The van der Waals surface area contributed by atoms with Crippen LogP contribution >= 0.6 is 22.9 Å². The number of nitrogens with one attached hydrogen (secondary N) is 1. The zero-order valence-electron chi connectivity index (χ0n) is 12.0. The van der Waals surface area contributed by atoms with Crippen molar-refractivity contribution in [1.82, 2.24) is 10.3 Å². The molecule has 5 heteroatoms. The van der Waals surface area contributed by atoms with Crippen LogP contribution in [0.5, 0.6) is 0 Å². The average Bonchev–Trinajstić information content (AvgIpc) is 3.02. The Morgan fingerprint density at radius 2 is 2.29 bits per heavy atom. The van der Waals surface area contributed by atoms with Gasteiger partial charge in [-0.2, -0.15) is 0 Å². The molecule has 0 aliphatic heterocycles. The Kier molecular flexibility index (Phi) is 4.57. The molecule has 3 rings (SSSR count). The summed E-state index contributed by atoms with van der Waals surface area (Å²) in [6.45, 7) is 3.00. The van der Waals surface area contributed by atoms with Gasteiger partial charge in [0.05, 0.1) is 11.7 Å². The Morgan fingerprint density at radius 1 is 1.43 bits per heavy atom. The predicted molar refractivity (Wildman–Crippen MR) is 85.7 cm³/mol. The second-order valence-corrected chi connectivity index (χ2v) is 6.85. The van der Waals surface area contributed by atoms with Crippen molar-refractivity contribution in [3.63, 3.8) is 0 Å². The number of hydrogen-bond acceptors (Lipinski definition) is 3. The zero-order valence-corrected chi connectivity index (χ0v) is 13.5. The molecule has 1 aliphatic rings. The molecule has 0 amide bonds. The first kappa shape index (κ1) is 14.9. The lowest BCUT2D eigenvalue weighted by Crippen LogP contribution is -2.23. The van der Waals surface area contributed by atoms with Crippen LogP contribution in [0, 0.1) is 5.82 Å². The van der Waals surface area contributed by atoms with Gasteiger partial charge >= 0.3 is 0 Å². The van der Waals surface area contributed by atoms with E-state index in [0.717, 1.165) is 36.4 Å². The van der Waals surface area contributed by atoms with Gasteiger partial charge in [-0.25, -0.2) is 9.37 Å². The molecule has 0 spiro atoms. The monoisotopic (exact) mass is 324 g/mol. The summed E-state index contributed by atoms with van der Waals surface area (Å²) in [7, 11) is 0. The van der Waals surface area contributed by atoms with E-state index in [9.17, 15) is 4.39 Å². The summed E-state index contributed by atoms with van der Waals surface area (Å²) in [6.07, 6.45) is 4.44. The van der Waals surface area contributed by atoms with Crippen molar-refractivity contribution < 1.29 is 4.39 Å². The van der Waals surface area contributed by atoms with Crippen molar-refractivity contribution in [2.45, 2.75) is 38.6 Å². The lowest BCUT2D eigenvalue weighted by molar-refractivity contribution is 0.589. The zero-order chi connectivity index (χ0) is 14.8. The highest BCUT2D eigenvalue weighted by Gasteiger charge is 2.24. The molecule has 2 nitrogen and oxygen atoms in total. The second-order valence-electron chi connectivity index (χ2n) is 5.33. The van der Waals surface area contributed by atoms with Gasteiger partial charge < -0.3 is 5.32 Å². The summed E-state index contributed by atoms with van der Waals surface area (Å²) in [6, 6.07) is 4.55. The fourth-order valence-electron chi connectivity index (χ4n) is 2.69. The molecule has 0 radical (unpaired) electrons.